The van der Waals surface area contributed by atoms with E-state index in [9.17, 15) is 9.59 Å². The van der Waals surface area contributed by atoms with Gasteiger partial charge >= 0.3 is 0 Å². The van der Waals surface area contributed by atoms with E-state index in [2.05, 4.69) is 26.6 Å². The first-order valence-corrected chi connectivity index (χ1v) is 7.95. The third kappa shape index (κ3) is 5.10. The summed E-state index contributed by atoms with van der Waals surface area (Å²) in [5, 5.41) is 5.31. The molecule has 0 aliphatic rings. The standard InChI is InChI=1S/C17H17BrN2O3/c1-2-23-15-9-4-3-8-14(15)20-16(21)11-19-17(22)12-6-5-7-13(18)10-12/h3-10H,2,11H2,1H3,(H,19,22)(H,20,21). The molecule has 0 spiro atoms. The Kier molecular flexibility index (Phi) is 6.17. The third-order valence-corrected chi connectivity index (χ3v) is 3.45. The first-order valence-electron chi connectivity index (χ1n) is 7.15. The molecule has 2 aromatic carbocycles. The van der Waals surface area contributed by atoms with Gasteiger partial charge in [0.25, 0.3) is 5.91 Å². The van der Waals surface area contributed by atoms with E-state index in [-0.39, 0.29) is 18.4 Å². The van der Waals surface area contributed by atoms with Crippen molar-refractivity contribution in [1.29, 1.82) is 0 Å². The van der Waals surface area contributed by atoms with Crippen molar-refractivity contribution in [2.45, 2.75) is 6.92 Å². The van der Waals surface area contributed by atoms with Crippen LogP contribution in [0.25, 0.3) is 0 Å². The maximum absolute atomic E-state index is 12.0. The maximum atomic E-state index is 12.0. The van der Waals surface area contributed by atoms with Gasteiger partial charge in [-0.15, -0.1) is 0 Å². The van der Waals surface area contributed by atoms with E-state index in [0.717, 1.165) is 4.47 Å². The molecule has 0 atom stereocenters. The second kappa shape index (κ2) is 8.33. The van der Waals surface area contributed by atoms with Crippen molar-refractivity contribution in [2.75, 3.05) is 18.5 Å². The molecular formula is C17H17BrN2O3. The van der Waals surface area contributed by atoms with E-state index in [1.165, 1.54) is 0 Å². The van der Waals surface area contributed by atoms with Crippen LogP contribution in [0.1, 0.15) is 17.3 Å². The lowest BCUT2D eigenvalue weighted by Crippen LogP contribution is -2.32. The largest absolute Gasteiger partial charge is 0.492 e. The minimum Gasteiger partial charge on any atom is -0.492 e. The molecule has 5 nitrogen and oxygen atoms in total. The number of amides is 2. The van der Waals surface area contributed by atoms with Gasteiger partial charge in [-0.1, -0.05) is 34.1 Å². The highest BCUT2D eigenvalue weighted by atomic mass is 79.9. The van der Waals surface area contributed by atoms with Crippen molar-refractivity contribution in [3.63, 3.8) is 0 Å². The van der Waals surface area contributed by atoms with Crippen LogP contribution < -0.4 is 15.4 Å². The van der Waals surface area contributed by atoms with Crippen LogP contribution in [0.15, 0.2) is 53.0 Å². The number of nitrogens with one attached hydrogen (secondary N) is 2. The summed E-state index contributed by atoms with van der Waals surface area (Å²) in [6.07, 6.45) is 0. The van der Waals surface area contributed by atoms with E-state index in [1.54, 1.807) is 36.4 Å². The van der Waals surface area contributed by atoms with Crippen LogP contribution in [-0.2, 0) is 4.79 Å². The lowest BCUT2D eigenvalue weighted by atomic mass is 10.2. The van der Waals surface area contributed by atoms with Crippen molar-refractivity contribution < 1.29 is 14.3 Å². The van der Waals surface area contributed by atoms with Gasteiger partial charge in [-0.25, -0.2) is 0 Å². The van der Waals surface area contributed by atoms with Gasteiger partial charge in [0.05, 0.1) is 18.8 Å². The summed E-state index contributed by atoms with van der Waals surface area (Å²) in [6, 6.07) is 14.1. The number of anilines is 1. The molecule has 0 aliphatic carbocycles. The lowest BCUT2D eigenvalue weighted by molar-refractivity contribution is -0.115. The second-order valence-corrected chi connectivity index (χ2v) is 5.59. The molecule has 2 amide bonds. The van der Waals surface area contributed by atoms with Crippen molar-refractivity contribution in [1.82, 2.24) is 5.32 Å². The zero-order chi connectivity index (χ0) is 16.7. The molecule has 0 radical (unpaired) electrons. The molecule has 0 heterocycles. The molecule has 0 bridgehead atoms. The van der Waals surface area contributed by atoms with E-state index in [0.29, 0.717) is 23.6 Å². The van der Waals surface area contributed by atoms with E-state index in [1.807, 2.05) is 19.1 Å². The Morgan fingerprint density at radius 1 is 1.13 bits per heavy atom. The minimum absolute atomic E-state index is 0.119. The fourth-order valence-corrected chi connectivity index (χ4v) is 2.34. The highest BCUT2D eigenvalue weighted by Crippen LogP contribution is 2.23. The number of rotatable bonds is 6. The van der Waals surface area contributed by atoms with Gasteiger partial charge < -0.3 is 15.4 Å². The lowest BCUT2D eigenvalue weighted by Gasteiger charge is -2.11. The molecule has 6 heteroatoms. The Bertz CT molecular complexity index is 704. The van der Waals surface area contributed by atoms with Gasteiger partial charge in [0.2, 0.25) is 5.91 Å². The number of halogens is 1. The molecule has 2 aromatic rings. The zero-order valence-corrected chi connectivity index (χ0v) is 14.2. The van der Waals surface area contributed by atoms with Crippen molar-refractivity contribution in [3.05, 3.63) is 58.6 Å². The number of carbonyl (C=O) groups excluding carboxylic acids is 2. The fourth-order valence-electron chi connectivity index (χ4n) is 1.94. The number of para-hydroxylation sites is 2. The molecule has 0 aliphatic heterocycles. The predicted octanol–water partition coefficient (Wildman–Crippen LogP) is 3.22. The second-order valence-electron chi connectivity index (χ2n) is 4.67. The summed E-state index contributed by atoms with van der Waals surface area (Å²) in [5.41, 5.74) is 1.07. The molecule has 0 saturated carbocycles. The zero-order valence-electron chi connectivity index (χ0n) is 12.6. The molecule has 0 saturated heterocycles. The van der Waals surface area contributed by atoms with E-state index < -0.39 is 0 Å². The highest BCUT2D eigenvalue weighted by Gasteiger charge is 2.10. The summed E-state index contributed by atoms with van der Waals surface area (Å²) < 4.78 is 6.24. The Morgan fingerprint density at radius 2 is 1.91 bits per heavy atom. The Morgan fingerprint density at radius 3 is 2.65 bits per heavy atom. The van der Waals surface area contributed by atoms with Crippen LogP contribution in [-0.4, -0.2) is 25.0 Å². The topological polar surface area (TPSA) is 67.4 Å². The molecule has 120 valence electrons. The Labute approximate surface area is 143 Å². The first-order chi connectivity index (χ1) is 11.1. The molecular weight excluding hydrogens is 360 g/mol. The van der Waals surface area contributed by atoms with Gasteiger partial charge in [-0.05, 0) is 37.3 Å². The molecule has 2 rings (SSSR count). The first kappa shape index (κ1) is 17.0. The summed E-state index contributed by atoms with van der Waals surface area (Å²) in [4.78, 5) is 24.0. The van der Waals surface area contributed by atoms with Gasteiger partial charge in [0.15, 0.2) is 0 Å². The van der Waals surface area contributed by atoms with E-state index in [4.69, 9.17) is 4.74 Å². The van der Waals surface area contributed by atoms with Crippen LogP contribution in [0.4, 0.5) is 5.69 Å². The number of hydrogen-bond acceptors (Lipinski definition) is 3. The van der Waals surface area contributed by atoms with E-state index >= 15 is 0 Å². The maximum Gasteiger partial charge on any atom is 0.251 e. The average Bonchev–Trinajstić information content (AvgIpc) is 2.54. The van der Waals surface area contributed by atoms with Crippen LogP contribution in [0.5, 0.6) is 5.75 Å². The number of carbonyl (C=O) groups is 2. The Hall–Kier alpha value is -2.34. The molecule has 23 heavy (non-hydrogen) atoms. The van der Waals surface area contributed by atoms with Gasteiger partial charge in [-0.2, -0.15) is 0 Å². The molecule has 2 N–H and O–H groups in total. The summed E-state index contributed by atoms with van der Waals surface area (Å²) >= 11 is 3.30. The van der Waals surface area contributed by atoms with Gasteiger partial charge in [0, 0.05) is 10.0 Å². The summed E-state index contributed by atoms with van der Waals surface area (Å²) in [5.74, 6) is -0.0262. The van der Waals surface area contributed by atoms with Crippen molar-refractivity contribution in [3.8, 4) is 5.75 Å². The number of ether oxygens (including phenoxy) is 1. The van der Waals surface area contributed by atoms with Gasteiger partial charge in [-0.3, -0.25) is 9.59 Å². The van der Waals surface area contributed by atoms with Crippen LogP contribution >= 0.6 is 15.9 Å². The summed E-state index contributed by atoms with van der Waals surface area (Å²) in [6.45, 7) is 2.26. The fraction of sp³-hybridized carbons (Fsp3) is 0.176. The molecule has 0 unspecified atom stereocenters. The predicted molar refractivity (Wildman–Crippen MR) is 92.7 cm³/mol. The Balaban J connectivity index is 1.92. The number of benzene rings is 2. The van der Waals surface area contributed by atoms with Crippen LogP contribution in [0.3, 0.4) is 0 Å². The monoisotopic (exact) mass is 376 g/mol. The minimum atomic E-state index is -0.319. The van der Waals surface area contributed by atoms with Crippen molar-refractivity contribution >= 4 is 33.4 Å². The van der Waals surface area contributed by atoms with Gasteiger partial charge in [0.1, 0.15) is 5.75 Å². The molecule has 0 fully saturated rings. The quantitative estimate of drug-likeness (QED) is 0.813. The molecule has 0 aromatic heterocycles. The number of hydrogen-bond donors (Lipinski definition) is 2. The smallest absolute Gasteiger partial charge is 0.251 e. The SMILES string of the molecule is CCOc1ccccc1NC(=O)CNC(=O)c1cccc(Br)c1. The van der Waals surface area contributed by atoms with Crippen LogP contribution in [0.2, 0.25) is 0 Å². The summed E-state index contributed by atoms with van der Waals surface area (Å²) in [7, 11) is 0. The van der Waals surface area contributed by atoms with Crippen molar-refractivity contribution in [2.24, 2.45) is 0 Å². The third-order valence-electron chi connectivity index (χ3n) is 2.96. The normalized spacial score (nSPS) is 10.0. The van der Waals surface area contributed by atoms with Crippen LogP contribution in [0, 0.1) is 0 Å². The average molecular weight is 377 g/mol. The highest BCUT2D eigenvalue weighted by molar-refractivity contribution is 9.10.